The highest BCUT2D eigenvalue weighted by Crippen LogP contribution is 2.12. The van der Waals surface area contributed by atoms with Gasteiger partial charge in [0.15, 0.2) is 0 Å². The van der Waals surface area contributed by atoms with Crippen LogP contribution in [0.2, 0.25) is 0 Å². The molecule has 0 aliphatic heterocycles. The molecule has 0 saturated heterocycles. The Balaban J connectivity index is 2.96. The second kappa shape index (κ2) is 18.2. The summed E-state index contributed by atoms with van der Waals surface area (Å²) in [6, 6.07) is 3.23. The zero-order valence-electron chi connectivity index (χ0n) is 25.2. The monoisotopic (exact) mass is 610 g/mol. The molecule has 4 amide bonds. The van der Waals surface area contributed by atoms with Gasteiger partial charge in [0.1, 0.15) is 24.0 Å². The van der Waals surface area contributed by atoms with Crippen LogP contribution in [0.3, 0.4) is 0 Å². The first-order valence-electron chi connectivity index (χ1n) is 14.2. The van der Waals surface area contributed by atoms with Gasteiger partial charge in [-0.25, -0.2) is 4.79 Å². The third-order valence-corrected chi connectivity index (χ3v) is 6.75. The molecule has 0 aliphatic carbocycles. The quantitative estimate of drug-likeness (QED) is 0.0867. The van der Waals surface area contributed by atoms with E-state index in [0.29, 0.717) is 12.0 Å². The van der Waals surface area contributed by atoms with Gasteiger partial charge in [-0.05, 0) is 45.1 Å². The topological polar surface area (TPSA) is 235 Å². The maximum absolute atomic E-state index is 13.1. The number of hydrogen-bond donors (Lipinski definition) is 9. The van der Waals surface area contributed by atoms with Crippen LogP contribution in [-0.4, -0.2) is 104 Å². The number of carboxylic acids is 1. The zero-order chi connectivity index (χ0) is 32.9. The Kier molecular flexibility index (Phi) is 15.8. The molecule has 1 aromatic rings. The maximum atomic E-state index is 13.1. The Hall–Kier alpha value is -3.59. The summed E-state index contributed by atoms with van der Waals surface area (Å²) in [7, 11) is 0. The van der Waals surface area contributed by atoms with Crippen molar-refractivity contribution in [3.05, 3.63) is 35.9 Å². The number of carbonyl (C=O) groups is 5. The number of aliphatic carboxylic acids is 1. The summed E-state index contributed by atoms with van der Waals surface area (Å²) in [4.78, 5) is 63.4. The summed E-state index contributed by atoms with van der Waals surface area (Å²) in [6.45, 7) is 7.03. The minimum atomic E-state index is -1.65. The number of nitrogens with one attached hydrogen (secondary N) is 4. The Morgan fingerprint density at radius 1 is 0.721 bits per heavy atom. The van der Waals surface area contributed by atoms with Crippen LogP contribution in [0.4, 0.5) is 0 Å². The molecule has 14 heteroatoms. The predicted molar refractivity (Wildman–Crippen MR) is 155 cm³/mol. The van der Waals surface area contributed by atoms with Crippen LogP contribution in [0.25, 0.3) is 0 Å². The highest BCUT2D eigenvalue weighted by atomic mass is 16.4. The highest BCUT2D eigenvalue weighted by molar-refractivity contribution is 6.02. The van der Waals surface area contributed by atoms with Crippen molar-refractivity contribution in [3.63, 3.8) is 0 Å². The summed E-state index contributed by atoms with van der Waals surface area (Å²) in [5, 5.41) is 59.0. The van der Waals surface area contributed by atoms with E-state index in [1.165, 1.54) is 20.8 Å². The molecule has 0 aromatic heterocycles. The van der Waals surface area contributed by atoms with Gasteiger partial charge in [0.25, 0.3) is 0 Å². The summed E-state index contributed by atoms with van der Waals surface area (Å²) in [5.41, 5.74) is 0.647. The normalized spacial score (nSPS) is 16.9. The molecule has 1 rings (SSSR count). The van der Waals surface area contributed by atoms with E-state index in [1.807, 2.05) is 13.8 Å². The highest BCUT2D eigenvalue weighted by Gasteiger charge is 2.35. The van der Waals surface area contributed by atoms with Crippen LogP contribution in [0.15, 0.2) is 30.3 Å². The fraction of sp³-hybridized carbons (Fsp3) is 0.621. The van der Waals surface area contributed by atoms with Crippen molar-refractivity contribution in [2.45, 2.75) is 96.4 Å². The number of carbonyl (C=O) groups excluding carboxylic acids is 4. The number of carboxylic acid groups (broad SMARTS) is 1. The van der Waals surface area contributed by atoms with Crippen molar-refractivity contribution < 1.29 is 49.5 Å². The fourth-order valence-corrected chi connectivity index (χ4v) is 4.22. The SMILES string of the molecule is CC(C)C[C@H](NC(=O)[C@@H](NC(=O)[C@@H](NC(=O)[C@H](C)C(=O)N[C@@H](Cc1ccccc1)C(=O)O)[C@@H](C)O)[C@H](C)O)[C@@H](O)CCO. The Morgan fingerprint density at radius 2 is 1.21 bits per heavy atom. The zero-order valence-corrected chi connectivity index (χ0v) is 25.2. The lowest BCUT2D eigenvalue weighted by atomic mass is 9.96. The molecule has 0 aliphatic rings. The van der Waals surface area contributed by atoms with E-state index < -0.39 is 78.0 Å². The van der Waals surface area contributed by atoms with E-state index in [-0.39, 0.29) is 25.4 Å². The van der Waals surface area contributed by atoms with Gasteiger partial charge >= 0.3 is 5.97 Å². The number of hydrogen-bond acceptors (Lipinski definition) is 9. The van der Waals surface area contributed by atoms with E-state index in [9.17, 15) is 49.5 Å². The molecule has 0 heterocycles. The number of aliphatic hydroxyl groups excluding tert-OH is 4. The average Bonchev–Trinajstić information content (AvgIpc) is 2.92. The van der Waals surface area contributed by atoms with Gasteiger partial charge in [0.2, 0.25) is 23.6 Å². The lowest BCUT2D eigenvalue weighted by molar-refractivity contribution is -0.144. The van der Waals surface area contributed by atoms with Crippen LogP contribution in [0.1, 0.15) is 53.0 Å². The van der Waals surface area contributed by atoms with E-state index in [1.54, 1.807) is 30.3 Å². The molecule has 0 fully saturated rings. The molecule has 8 atom stereocenters. The lowest BCUT2D eigenvalue weighted by Crippen LogP contribution is -2.61. The fourth-order valence-electron chi connectivity index (χ4n) is 4.22. The van der Waals surface area contributed by atoms with E-state index >= 15 is 0 Å². The number of amides is 4. The molecule has 0 spiro atoms. The molecule has 14 nitrogen and oxygen atoms in total. The largest absolute Gasteiger partial charge is 0.480 e. The minimum absolute atomic E-state index is 0.00919. The van der Waals surface area contributed by atoms with Crippen LogP contribution in [-0.2, 0) is 30.4 Å². The molecule has 0 radical (unpaired) electrons. The van der Waals surface area contributed by atoms with Crippen LogP contribution >= 0.6 is 0 Å². The molecule has 0 unspecified atom stereocenters. The Labute approximate surface area is 251 Å². The molecule has 0 saturated carbocycles. The van der Waals surface area contributed by atoms with Crippen molar-refractivity contribution in [2.24, 2.45) is 11.8 Å². The van der Waals surface area contributed by atoms with Gasteiger partial charge in [-0.2, -0.15) is 0 Å². The standard InChI is InChI=1S/C29H46N4O10/c1-15(2)13-20(22(37)11-12-34)30-27(40)23(17(4)35)33-28(41)24(18(5)36)32-26(39)16(3)25(38)31-21(29(42)43)14-19-9-7-6-8-10-19/h6-10,15-18,20-24,34-37H,11-14H2,1-5H3,(H,30,40)(H,31,38)(H,32,39)(H,33,41)(H,42,43)/t16-,17+,18-,20+,21+,22+,23+,24+/m1/s1. The first-order chi connectivity index (χ1) is 20.1. The maximum Gasteiger partial charge on any atom is 0.326 e. The van der Waals surface area contributed by atoms with Crippen LogP contribution < -0.4 is 21.3 Å². The van der Waals surface area contributed by atoms with E-state index in [0.717, 1.165) is 0 Å². The number of rotatable bonds is 18. The van der Waals surface area contributed by atoms with Gasteiger partial charge in [-0.15, -0.1) is 0 Å². The van der Waals surface area contributed by atoms with Gasteiger partial charge in [0.05, 0.1) is 24.4 Å². The van der Waals surface area contributed by atoms with Gasteiger partial charge in [-0.3, -0.25) is 19.2 Å². The summed E-state index contributed by atoms with van der Waals surface area (Å²) < 4.78 is 0. The van der Waals surface area contributed by atoms with Gasteiger partial charge in [0, 0.05) is 13.0 Å². The van der Waals surface area contributed by atoms with Crippen LogP contribution in [0.5, 0.6) is 0 Å². The van der Waals surface area contributed by atoms with Gasteiger partial charge in [-0.1, -0.05) is 44.2 Å². The number of aliphatic hydroxyl groups is 4. The van der Waals surface area contributed by atoms with Crippen molar-refractivity contribution >= 4 is 29.6 Å². The van der Waals surface area contributed by atoms with Crippen molar-refractivity contribution in [3.8, 4) is 0 Å². The predicted octanol–water partition coefficient (Wildman–Crippen LogP) is -1.56. The van der Waals surface area contributed by atoms with Crippen molar-refractivity contribution in [1.29, 1.82) is 0 Å². The molecular weight excluding hydrogens is 564 g/mol. The first-order valence-corrected chi connectivity index (χ1v) is 14.2. The van der Waals surface area contributed by atoms with Crippen LogP contribution in [0, 0.1) is 11.8 Å². The Morgan fingerprint density at radius 3 is 1.67 bits per heavy atom. The lowest BCUT2D eigenvalue weighted by Gasteiger charge is -2.30. The molecular formula is C29H46N4O10. The minimum Gasteiger partial charge on any atom is -0.480 e. The second-order valence-corrected chi connectivity index (χ2v) is 11.1. The van der Waals surface area contributed by atoms with E-state index in [2.05, 4.69) is 21.3 Å². The first kappa shape index (κ1) is 37.4. The summed E-state index contributed by atoms with van der Waals surface area (Å²) in [6.07, 6.45) is -3.72. The van der Waals surface area contributed by atoms with Crippen molar-refractivity contribution in [2.75, 3.05) is 6.61 Å². The number of benzene rings is 1. The van der Waals surface area contributed by atoms with Crippen molar-refractivity contribution in [1.82, 2.24) is 21.3 Å². The van der Waals surface area contributed by atoms with Gasteiger partial charge < -0.3 is 46.8 Å². The molecule has 1 aromatic carbocycles. The molecule has 43 heavy (non-hydrogen) atoms. The molecule has 242 valence electrons. The smallest absolute Gasteiger partial charge is 0.326 e. The molecule has 9 N–H and O–H groups in total. The van der Waals surface area contributed by atoms with E-state index in [4.69, 9.17) is 0 Å². The second-order valence-electron chi connectivity index (χ2n) is 11.1. The molecule has 0 bridgehead atoms. The summed E-state index contributed by atoms with van der Waals surface area (Å²) in [5.74, 6) is -6.53. The summed E-state index contributed by atoms with van der Waals surface area (Å²) >= 11 is 0. The third-order valence-electron chi connectivity index (χ3n) is 6.75. The third kappa shape index (κ3) is 12.7. The average molecular weight is 611 g/mol. The Bertz CT molecular complexity index is 1070.